The molecule has 0 N–H and O–H groups in total. The lowest BCUT2D eigenvalue weighted by Gasteiger charge is -2.09. The van der Waals surface area contributed by atoms with Crippen LogP contribution in [0.1, 0.15) is 5.56 Å². The molecule has 2 rings (SSSR count). The molecule has 0 aromatic heterocycles. The molecule has 0 aliphatic carbocycles. The molecule has 0 bridgehead atoms. The third-order valence-electron chi connectivity index (χ3n) is 2.85. The van der Waals surface area contributed by atoms with Gasteiger partial charge in [-0.3, -0.25) is 0 Å². The zero-order valence-electron chi connectivity index (χ0n) is 11.5. The summed E-state index contributed by atoms with van der Waals surface area (Å²) in [5.74, 6) is 0.367. The fraction of sp³-hybridized carbons (Fsp3) is 0.188. The lowest BCUT2D eigenvalue weighted by molar-refractivity contribution is -0.134. The second kappa shape index (κ2) is 6.73. The lowest BCUT2D eigenvalue weighted by Crippen LogP contribution is -1.99. The zero-order chi connectivity index (χ0) is 14.4. The Morgan fingerprint density at radius 1 is 1.10 bits per heavy atom. The molecule has 4 heteroatoms. The van der Waals surface area contributed by atoms with Gasteiger partial charge in [-0.2, -0.15) is 0 Å². The highest BCUT2D eigenvalue weighted by atomic mass is 16.7. The van der Waals surface area contributed by atoms with Gasteiger partial charge in [-0.1, -0.05) is 30.3 Å². The highest BCUT2D eigenvalue weighted by Crippen LogP contribution is 2.28. The number of fused-ring (bicyclic) bond motifs is 1. The number of ether oxygens (including phenoxy) is 3. The molecular formula is C16H16O4. The summed E-state index contributed by atoms with van der Waals surface area (Å²) in [6, 6.07) is 11.6. The summed E-state index contributed by atoms with van der Waals surface area (Å²) in [5.41, 5.74) is 0.927. The molecule has 0 aliphatic rings. The van der Waals surface area contributed by atoms with Crippen molar-refractivity contribution in [3.8, 4) is 5.75 Å². The van der Waals surface area contributed by atoms with E-state index < -0.39 is 0 Å². The van der Waals surface area contributed by atoms with E-state index in [-0.39, 0.29) is 12.8 Å². The largest absolute Gasteiger partial charge is 0.467 e. The molecule has 2 aromatic carbocycles. The minimum Gasteiger partial charge on any atom is -0.467 e. The predicted molar refractivity (Wildman–Crippen MR) is 77.5 cm³/mol. The van der Waals surface area contributed by atoms with Crippen LogP contribution in [0.25, 0.3) is 16.8 Å². The lowest BCUT2D eigenvalue weighted by atomic mass is 10.0. The molecule has 104 valence electrons. The van der Waals surface area contributed by atoms with E-state index in [0.29, 0.717) is 0 Å². The quantitative estimate of drug-likeness (QED) is 0.477. The molecule has 0 unspecified atom stereocenters. The van der Waals surface area contributed by atoms with Crippen molar-refractivity contribution in [1.82, 2.24) is 0 Å². The third-order valence-corrected chi connectivity index (χ3v) is 2.85. The fourth-order valence-corrected chi connectivity index (χ4v) is 1.92. The van der Waals surface area contributed by atoms with Gasteiger partial charge in [0.05, 0.1) is 7.11 Å². The minimum absolute atomic E-state index is 0.196. The van der Waals surface area contributed by atoms with Crippen LogP contribution in [0.4, 0.5) is 0 Å². The number of methoxy groups -OCH3 is 2. The second-order valence-corrected chi connectivity index (χ2v) is 4.11. The maximum absolute atomic E-state index is 11.2. The maximum Gasteiger partial charge on any atom is 0.330 e. The van der Waals surface area contributed by atoms with Crippen molar-refractivity contribution in [1.29, 1.82) is 0 Å². The molecule has 0 aliphatic heterocycles. The van der Waals surface area contributed by atoms with Crippen LogP contribution in [0.15, 0.2) is 42.5 Å². The number of carbonyl (C=O) groups is 1. The van der Waals surface area contributed by atoms with E-state index in [2.05, 4.69) is 4.74 Å². The molecule has 0 radical (unpaired) electrons. The van der Waals surface area contributed by atoms with Crippen LogP contribution in [-0.2, 0) is 14.3 Å². The fourth-order valence-electron chi connectivity index (χ4n) is 1.92. The summed E-state index contributed by atoms with van der Waals surface area (Å²) in [7, 11) is 2.93. The molecule has 0 saturated heterocycles. The van der Waals surface area contributed by atoms with E-state index in [4.69, 9.17) is 9.47 Å². The van der Waals surface area contributed by atoms with Gasteiger partial charge >= 0.3 is 5.97 Å². The van der Waals surface area contributed by atoms with Crippen molar-refractivity contribution in [2.75, 3.05) is 21.0 Å². The summed E-state index contributed by atoms with van der Waals surface area (Å²) in [6.07, 6.45) is 3.13. The summed E-state index contributed by atoms with van der Waals surface area (Å²) >= 11 is 0. The number of hydrogen-bond donors (Lipinski definition) is 0. The maximum atomic E-state index is 11.2. The van der Waals surface area contributed by atoms with Crippen molar-refractivity contribution in [2.24, 2.45) is 0 Å². The Morgan fingerprint density at radius 2 is 1.85 bits per heavy atom. The first-order chi connectivity index (χ1) is 9.76. The smallest absolute Gasteiger partial charge is 0.330 e. The van der Waals surface area contributed by atoms with Crippen LogP contribution in [0.3, 0.4) is 0 Å². The van der Waals surface area contributed by atoms with Crippen LogP contribution in [0.2, 0.25) is 0 Å². The van der Waals surface area contributed by atoms with Gasteiger partial charge in [-0.05, 0) is 23.1 Å². The van der Waals surface area contributed by atoms with Gasteiger partial charge in [0.1, 0.15) is 5.75 Å². The molecule has 0 heterocycles. The number of carbonyl (C=O) groups excluding carboxylic acids is 1. The van der Waals surface area contributed by atoms with Crippen LogP contribution >= 0.6 is 0 Å². The summed E-state index contributed by atoms with van der Waals surface area (Å²) in [5, 5.41) is 1.97. The molecule has 20 heavy (non-hydrogen) atoms. The number of rotatable bonds is 5. The van der Waals surface area contributed by atoms with E-state index in [9.17, 15) is 4.79 Å². The number of benzene rings is 2. The number of esters is 1. The Morgan fingerprint density at radius 3 is 2.60 bits per heavy atom. The van der Waals surface area contributed by atoms with Crippen molar-refractivity contribution in [2.45, 2.75) is 0 Å². The highest BCUT2D eigenvalue weighted by Gasteiger charge is 2.04. The van der Waals surface area contributed by atoms with Crippen LogP contribution < -0.4 is 4.74 Å². The standard InChI is InChI=1S/C16H16O4/c1-18-11-20-15-8-4-6-13-12(5-3-7-14(13)15)9-10-16(17)19-2/h3-10H,11H2,1-2H3. The third kappa shape index (κ3) is 3.16. The van der Waals surface area contributed by atoms with Crippen molar-refractivity contribution in [3.63, 3.8) is 0 Å². The first-order valence-corrected chi connectivity index (χ1v) is 6.15. The van der Waals surface area contributed by atoms with Crippen molar-refractivity contribution < 1.29 is 19.0 Å². The Kier molecular flexibility index (Phi) is 4.74. The van der Waals surface area contributed by atoms with Crippen LogP contribution in [0, 0.1) is 0 Å². The van der Waals surface area contributed by atoms with E-state index in [1.54, 1.807) is 13.2 Å². The van der Waals surface area contributed by atoms with Gasteiger partial charge in [0, 0.05) is 18.6 Å². The molecule has 0 spiro atoms. The van der Waals surface area contributed by atoms with Crippen LogP contribution in [-0.4, -0.2) is 27.0 Å². The van der Waals surface area contributed by atoms with Gasteiger partial charge in [0.2, 0.25) is 0 Å². The molecule has 0 atom stereocenters. The Balaban J connectivity index is 2.42. The van der Waals surface area contributed by atoms with E-state index in [1.165, 1.54) is 13.2 Å². The zero-order valence-corrected chi connectivity index (χ0v) is 11.5. The van der Waals surface area contributed by atoms with Gasteiger partial charge in [0.25, 0.3) is 0 Å². The highest BCUT2D eigenvalue weighted by molar-refractivity contribution is 5.97. The van der Waals surface area contributed by atoms with Crippen molar-refractivity contribution in [3.05, 3.63) is 48.0 Å². The van der Waals surface area contributed by atoms with E-state index in [0.717, 1.165) is 22.1 Å². The normalized spacial score (nSPS) is 10.9. The summed E-state index contributed by atoms with van der Waals surface area (Å²) < 4.78 is 15.0. The first-order valence-electron chi connectivity index (χ1n) is 6.15. The Bertz CT molecular complexity index is 631. The second-order valence-electron chi connectivity index (χ2n) is 4.11. The van der Waals surface area contributed by atoms with Gasteiger partial charge in [-0.25, -0.2) is 4.79 Å². The summed E-state index contributed by atoms with van der Waals surface area (Å²) in [4.78, 5) is 11.2. The van der Waals surface area contributed by atoms with E-state index in [1.807, 2.05) is 36.4 Å². The predicted octanol–water partition coefficient (Wildman–Crippen LogP) is 3.01. The van der Waals surface area contributed by atoms with Gasteiger partial charge in [0.15, 0.2) is 6.79 Å². The summed E-state index contributed by atoms with van der Waals surface area (Å²) in [6.45, 7) is 0.196. The molecule has 0 amide bonds. The SMILES string of the molecule is COCOc1cccc2c(C=CC(=O)OC)cccc12. The van der Waals surface area contributed by atoms with Crippen molar-refractivity contribution >= 4 is 22.8 Å². The Hall–Kier alpha value is -2.33. The topological polar surface area (TPSA) is 44.8 Å². The van der Waals surface area contributed by atoms with Crippen LogP contribution in [0.5, 0.6) is 5.75 Å². The molecular weight excluding hydrogens is 256 g/mol. The Labute approximate surface area is 117 Å². The molecule has 0 fully saturated rings. The molecule has 0 saturated carbocycles. The van der Waals surface area contributed by atoms with Gasteiger partial charge in [-0.15, -0.1) is 0 Å². The first kappa shape index (κ1) is 14.1. The minimum atomic E-state index is -0.381. The van der Waals surface area contributed by atoms with Gasteiger partial charge < -0.3 is 14.2 Å². The average molecular weight is 272 g/mol. The van der Waals surface area contributed by atoms with E-state index >= 15 is 0 Å². The molecule has 4 nitrogen and oxygen atoms in total. The molecule has 2 aromatic rings. The monoisotopic (exact) mass is 272 g/mol. The number of hydrogen-bond acceptors (Lipinski definition) is 4. The average Bonchev–Trinajstić information content (AvgIpc) is 2.50.